The van der Waals surface area contributed by atoms with Crippen molar-refractivity contribution >= 4 is 115 Å². The van der Waals surface area contributed by atoms with E-state index in [4.69, 9.17) is 33.2 Å². The lowest BCUT2D eigenvalue weighted by Gasteiger charge is -2.22. The predicted octanol–water partition coefficient (Wildman–Crippen LogP) is 19.6. The van der Waals surface area contributed by atoms with Gasteiger partial charge in [0, 0.05) is 49.8 Å². The molecular formula is C72H40Cl2F8N8. The Morgan fingerprint density at radius 2 is 0.744 bits per heavy atom. The number of alkyl halides is 10. The van der Waals surface area contributed by atoms with Gasteiger partial charge in [-0.15, -0.1) is 0 Å². The summed E-state index contributed by atoms with van der Waals surface area (Å²) in [6.45, 7) is 0. The number of aromatic amines is 4. The zero-order valence-corrected chi connectivity index (χ0v) is 47.9. The highest BCUT2D eigenvalue weighted by Crippen LogP contribution is 2.51. The first-order valence-electron chi connectivity index (χ1n) is 27.8. The molecule has 0 aliphatic carbocycles. The van der Waals surface area contributed by atoms with Gasteiger partial charge in [0.2, 0.25) is 0 Å². The third-order valence-electron chi connectivity index (χ3n) is 15.5. The first kappa shape index (κ1) is 57.0. The lowest BCUT2D eigenvalue weighted by atomic mass is 10.0. The van der Waals surface area contributed by atoms with Crippen LogP contribution in [0.3, 0.4) is 0 Å². The van der Waals surface area contributed by atoms with Crippen LogP contribution < -0.4 is 0 Å². The Bertz CT molecular complexity index is 5220. The van der Waals surface area contributed by atoms with Gasteiger partial charge in [-0.25, -0.2) is 19.9 Å². The summed E-state index contributed by atoms with van der Waals surface area (Å²) >= 11 is 10.5. The first-order valence-corrected chi connectivity index (χ1v) is 28.6. The minimum Gasteiger partial charge on any atom is -0.355 e. The molecule has 10 heterocycles. The molecule has 4 aliphatic rings. The summed E-state index contributed by atoms with van der Waals surface area (Å²) in [7, 11) is 0. The summed E-state index contributed by atoms with van der Waals surface area (Å²) in [5, 5.41) is -10.1. The standard InChI is InChI=1S/C72H40Cl2F8N8/c73-71(79,80)69(75,76)67-55-33-29-51(85-55)63(41-15-5-1-6-16-41)49-27-25-47(83-49)39-59-45(37-61(89-59)65(43-19-9-3-10-20-43)53-31-35-57(67)87-53)23-13-14-24-46-38-62-66(44-21-11-4-12-22-44)54-32-36-58(88-54)68(70(77,78)72(74,81)82)56-34-30-52(86-56)64(42-17-7-2-8-18-42)50-28-26-48(84-50)40-60(46)90-62/h1-12,15-22,25-40,83,86-87,90H. The van der Waals surface area contributed by atoms with Crippen molar-refractivity contribution in [2.24, 2.45) is 0 Å². The van der Waals surface area contributed by atoms with Crippen molar-refractivity contribution in [2.45, 2.75) is 22.6 Å². The molecule has 8 nitrogen and oxygen atoms in total. The molecule has 4 N–H and O–H groups in total. The molecule has 4 aromatic carbocycles. The number of H-pyrrole nitrogens is 4. The Morgan fingerprint density at radius 1 is 0.344 bits per heavy atom. The van der Waals surface area contributed by atoms with Gasteiger partial charge in [0.25, 0.3) is 0 Å². The second kappa shape index (κ2) is 22.1. The quantitative estimate of drug-likeness (QED) is 0.0689. The van der Waals surface area contributed by atoms with Gasteiger partial charge in [-0.05, 0) is 154 Å². The van der Waals surface area contributed by atoms with Gasteiger partial charge in [0.1, 0.15) is 0 Å². The number of halogens is 10. The maximum atomic E-state index is 16.4. The molecule has 0 fully saturated rings. The molecule has 0 saturated heterocycles. The van der Waals surface area contributed by atoms with E-state index in [0.29, 0.717) is 106 Å². The Kier molecular flexibility index (Phi) is 14.0. The summed E-state index contributed by atoms with van der Waals surface area (Å²) in [6, 6.07) is 50.5. The molecular weight excluding hydrogens is 1200 g/mol. The fraction of sp³-hybridized carbons (Fsp3) is 0.0556. The van der Waals surface area contributed by atoms with Crippen molar-refractivity contribution in [1.82, 2.24) is 39.9 Å². The lowest BCUT2D eigenvalue weighted by molar-refractivity contribution is -0.163. The molecule has 0 radical (unpaired) electrons. The smallest absolute Gasteiger partial charge is 0.355 e. The van der Waals surface area contributed by atoms with Crippen LogP contribution in [0.15, 0.2) is 176 Å². The highest BCUT2D eigenvalue weighted by molar-refractivity contribution is 6.23. The maximum absolute atomic E-state index is 16.4. The molecule has 90 heavy (non-hydrogen) atoms. The van der Waals surface area contributed by atoms with Gasteiger partial charge in [-0.2, -0.15) is 35.1 Å². The van der Waals surface area contributed by atoms with Crippen LogP contribution in [0, 0.1) is 23.7 Å². The third kappa shape index (κ3) is 10.3. The summed E-state index contributed by atoms with van der Waals surface area (Å²) in [6.07, 6.45) is 10.7. The number of aromatic nitrogens is 8. The number of fused-ring (bicyclic) bond motifs is 16. The lowest BCUT2D eigenvalue weighted by Crippen LogP contribution is -2.33. The Hall–Kier alpha value is -10.8. The summed E-state index contributed by atoms with van der Waals surface area (Å²) in [5.41, 5.74) is 5.78. The average molecular weight is 1240 g/mol. The zero-order chi connectivity index (χ0) is 62.1. The van der Waals surface area contributed by atoms with Crippen molar-refractivity contribution < 1.29 is 35.1 Å². The van der Waals surface area contributed by atoms with Crippen LogP contribution in [0.1, 0.15) is 62.2 Å². The van der Waals surface area contributed by atoms with Crippen LogP contribution in [-0.4, -0.2) is 50.6 Å². The monoisotopic (exact) mass is 1240 g/mol. The average Bonchev–Trinajstić information content (AvgIpc) is 1.59. The molecule has 0 unspecified atom stereocenters. The summed E-state index contributed by atoms with van der Waals surface area (Å²) < 4.78 is 126. The Labute approximate surface area is 516 Å². The van der Waals surface area contributed by atoms with Crippen LogP contribution in [0.4, 0.5) is 35.1 Å². The molecule has 0 amide bonds. The van der Waals surface area contributed by atoms with E-state index in [1.165, 1.54) is 48.6 Å². The van der Waals surface area contributed by atoms with Crippen molar-refractivity contribution in [3.8, 4) is 68.2 Å². The molecule has 6 aromatic heterocycles. The number of hydrogen-bond donors (Lipinski definition) is 4. The number of benzene rings is 4. The van der Waals surface area contributed by atoms with E-state index < -0.39 is 45.1 Å². The third-order valence-corrected chi connectivity index (χ3v) is 15.9. The molecule has 4 aliphatic heterocycles. The maximum Gasteiger partial charge on any atom is 0.388 e. The van der Waals surface area contributed by atoms with Crippen molar-refractivity contribution in [1.29, 1.82) is 0 Å². The van der Waals surface area contributed by atoms with Crippen LogP contribution in [-0.2, 0) is 11.8 Å². The first-order chi connectivity index (χ1) is 43.4. The van der Waals surface area contributed by atoms with E-state index in [-0.39, 0.29) is 27.9 Å². The van der Waals surface area contributed by atoms with Gasteiger partial charge in [-0.3, -0.25) is 0 Å². The normalized spacial score (nSPS) is 13.0. The predicted molar refractivity (Wildman–Crippen MR) is 342 cm³/mol. The Balaban J connectivity index is 1.00. The van der Waals surface area contributed by atoms with E-state index in [1.54, 1.807) is 133 Å². The molecule has 0 atom stereocenters. The van der Waals surface area contributed by atoms with E-state index in [0.717, 1.165) is 0 Å². The van der Waals surface area contributed by atoms with Crippen molar-refractivity contribution in [3.63, 3.8) is 0 Å². The van der Waals surface area contributed by atoms with Gasteiger partial charge in [-0.1, -0.05) is 133 Å². The molecule has 0 spiro atoms. The molecule has 14 rings (SSSR count). The zero-order valence-electron chi connectivity index (χ0n) is 46.4. The van der Waals surface area contributed by atoms with E-state index in [9.17, 15) is 0 Å². The molecule has 0 saturated carbocycles. The fourth-order valence-electron chi connectivity index (χ4n) is 11.4. The van der Waals surface area contributed by atoms with Crippen LogP contribution in [0.2, 0.25) is 0 Å². The van der Waals surface area contributed by atoms with Crippen molar-refractivity contribution in [2.75, 3.05) is 0 Å². The van der Waals surface area contributed by atoms with E-state index in [2.05, 4.69) is 53.6 Å². The van der Waals surface area contributed by atoms with Gasteiger partial charge in [0.15, 0.2) is 0 Å². The highest BCUT2D eigenvalue weighted by atomic mass is 35.5. The minimum atomic E-state index is -5.03. The van der Waals surface area contributed by atoms with Gasteiger partial charge in [0.05, 0.1) is 84.4 Å². The van der Waals surface area contributed by atoms with Crippen LogP contribution in [0.25, 0.3) is 137 Å². The van der Waals surface area contributed by atoms with Crippen LogP contribution in [0.5, 0.6) is 0 Å². The Morgan fingerprint density at radius 3 is 1.24 bits per heavy atom. The van der Waals surface area contributed by atoms with Gasteiger partial charge >= 0.3 is 22.6 Å². The fourth-order valence-corrected chi connectivity index (χ4v) is 11.6. The van der Waals surface area contributed by atoms with Gasteiger partial charge < -0.3 is 19.9 Å². The number of nitrogens with zero attached hydrogens (tertiary/aromatic N) is 4. The number of allylic oxidation sites excluding steroid dienone is 1. The number of nitrogens with one attached hydrogen (secondary N) is 4. The molecule has 18 heteroatoms. The number of rotatable bonds is 8. The molecule has 438 valence electrons. The SMILES string of the molecule is FC(F)(Cl)C(F)(F)c1c2nc(c(-c3ccccc3)c3ccc(cc4nc(c(-c5ccccc5)c5ccc1[nH]5)C=C4C#CC#Cc1cc4[nH]c1cc1nc(c(-c5ccccc5)c5ccc([nH]5)c(C(F)(F)C(F)(F)Cl)c5nc(c4-c4ccccc4)C=C5)C=C1)[nH]3)C=C2. The second-order valence-electron chi connectivity index (χ2n) is 21.2. The largest absolute Gasteiger partial charge is 0.388 e. The van der Waals surface area contributed by atoms with Crippen molar-refractivity contribution in [3.05, 3.63) is 238 Å². The summed E-state index contributed by atoms with van der Waals surface area (Å²) in [4.78, 5) is 32.2. The van der Waals surface area contributed by atoms with E-state index >= 15 is 35.1 Å². The summed E-state index contributed by atoms with van der Waals surface area (Å²) in [5.74, 6) is 2.56. The minimum absolute atomic E-state index is 0.158. The van der Waals surface area contributed by atoms with Crippen LogP contribution >= 0.6 is 23.2 Å². The number of hydrogen-bond acceptors (Lipinski definition) is 4. The molecule has 10 aromatic rings. The second-order valence-corrected chi connectivity index (χ2v) is 22.1. The highest BCUT2D eigenvalue weighted by Gasteiger charge is 2.59. The molecule has 16 bridgehead atoms. The van der Waals surface area contributed by atoms with E-state index in [1.807, 2.05) is 36.4 Å². The topological polar surface area (TPSA) is 115 Å².